The van der Waals surface area contributed by atoms with E-state index in [1.165, 1.54) is 5.56 Å². The molecule has 0 unspecified atom stereocenters. The average molecular weight is 236 g/mol. The Hall–Kier alpha value is -1.48. The highest BCUT2D eigenvalue weighted by Gasteiger charge is 2.02. The van der Waals surface area contributed by atoms with Crippen molar-refractivity contribution in [2.45, 2.75) is 13.5 Å². The molecule has 1 heterocycles. The Morgan fingerprint density at radius 1 is 1.44 bits per heavy atom. The van der Waals surface area contributed by atoms with Gasteiger partial charge < -0.3 is 9.88 Å². The Labute approximate surface area is 100 Å². The maximum Gasteiger partial charge on any atom is 0.0946 e. The number of aromatic nitrogens is 2. The van der Waals surface area contributed by atoms with Crippen LogP contribution in [0.2, 0.25) is 5.02 Å². The summed E-state index contributed by atoms with van der Waals surface area (Å²) < 4.78 is 1.98. The van der Waals surface area contributed by atoms with Gasteiger partial charge in [0.25, 0.3) is 0 Å². The van der Waals surface area contributed by atoms with Crippen LogP contribution in [0.4, 0.5) is 5.69 Å². The SMILES string of the molecule is Cc1ccc(Cl)c(NCc2cncn2C)c1. The van der Waals surface area contributed by atoms with Gasteiger partial charge in [-0.15, -0.1) is 0 Å². The molecule has 0 amide bonds. The molecule has 84 valence electrons. The van der Waals surface area contributed by atoms with E-state index in [0.717, 1.165) is 22.9 Å². The van der Waals surface area contributed by atoms with Gasteiger partial charge in [0.05, 0.1) is 29.3 Å². The van der Waals surface area contributed by atoms with Gasteiger partial charge in [0.1, 0.15) is 0 Å². The van der Waals surface area contributed by atoms with Gasteiger partial charge in [0.15, 0.2) is 0 Å². The van der Waals surface area contributed by atoms with Gasteiger partial charge in [-0.3, -0.25) is 0 Å². The molecule has 1 aromatic carbocycles. The molecule has 0 spiro atoms. The second kappa shape index (κ2) is 4.58. The number of halogens is 1. The minimum absolute atomic E-state index is 0.722. The quantitative estimate of drug-likeness (QED) is 0.887. The molecule has 2 rings (SSSR count). The van der Waals surface area contributed by atoms with Gasteiger partial charge in [-0.05, 0) is 24.6 Å². The molecule has 0 saturated heterocycles. The summed E-state index contributed by atoms with van der Waals surface area (Å²) in [6.45, 7) is 2.77. The summed E-state index contributed by atoms with van der Waals surface area (Å²) in [7, 11) is 1.97. The molecule has 16 heavy (non-hydrogen) atoms. The lowest BCUT2D eigenvalue weighted by atomic mass is 10.2. The summed E-state index contributed by atoms with van der Waals surface area (Å²) >= 11 is 6.09. The van der Waals surface area contributed by atoms with E-state index in [-0.39, 0.29) is 0 Å². The third-order valence-corrected chi connectivity index (χ3v) is 2.83. The fourth-order valence-corrected chi connectivity index (χ4v) is 1.70. The monoisotopic (exact) mass is 235 g/mol. The van der Waals surface area contributed by atoms with Crippen molar-refractivity contribution in [1.29, 1.82) is 0 Å². The molecule has 0 aliphatic rings. The summed E-state index contributed by atoms with van der Waals surface area (Å²) in [5.41, 5.74) is 3.28. The molecular weight excluding hydrogens is 222 g/mol. The van der Waals surface area contributed by atoms with E-state index in [1.54, 1.807) is 6.33 Å². The number of benzene rings is 1. The topological polar surface area (TPSA) is 29.9 Å². The summed E-state index contributed by atoms with van der Waals surface area (Å²) in [4.78, 5) is 4.06. The van der Waals surface area contributed by atoms with Gasteiger partial charge in [0.2, 0.25) is 0 Å². The Kier molecular flexibility index (Phi) is 3.15. The third-order valence-electron chi connectivity index (χ3n) is 2.50. The third kappa shape index (κ3) is 2.36. The number of hydrogen-bond acceptors (Lipinski definition) is 2. The molecule has 1 aromatic heterocycles. The fraction of sp³-hybridized carbons (Fsp3) is 0.250. The van der Waals surface area contributed by atoms with E-state index >= 15 is 0 Å². The number of aryl methyl sites for hydroxylation is 2. The molecule has 1 N–H and O–H groups in total. The van der Waals surface area contributed by atoms with E-state index < -0.39 is 0 Å². The lowest BCUT2D eigenvalue weighted by molar-refractivity contribution is 0.837. The van der Waals surface area contributed by atoms with Crippen LogP contribution in [-0.4, -0.2) is 9.55 Å². The summed E-state index contributed by atoms with van der Waals surface area (Å²) in [6.07, 6.45) is 3.63. The van der Waals surface area contributed by atoms with Crippen molar-refractivity contribution < 1.29 is 0 Å². The van der Waals surface area contributed by atoms with Crippen LogP contribution in [0.3, 0.4) is 0 Å². The number of nitrogens with one attached hydrogen (secondary N) is 1. The molecular formula is C12H14ClN3. The lowest BCUT2D eigenvalue weighted by Gasteiger charge is -2.09. The summed E-state index contributed by atoms with van der Waals surface area (Å²) in [6, 6.07) is 5.94. The number of nitrogens with zero attached hydrogens (tertiary/aromatic N) is 2. The minimum Gasteiger partial charge on any atom is -0.378 e. The van der Waals surface area contributed by atoms with Crippen LogP contribution in [0.25, 0.3) is 0 Å². The van der Waals surface area contributed by atoms with E-state index in [1.807, 2.05) is 42.9 Å². The number of rotatable bonds is 3. The molecule has 0 bridgehead atoms. The Morgan fingerprint density at radius 2 is 2.25 bits per heavy atom. The molecule has 3 nitrogen and oxygen atoms in total. The molecule has 0 atom stereocenters. The van der Waals surface area contributed by atoms with Crippen molar-refractivity contribution in [3.8, 4) is 0 Å². The molecule has 4 heteroatoms. The van der Waals surface area contributed by atoms with Crippen molar-refractivity contribution in [3.05, 3.63) is 47.0 Å². The number of anilines is 1. The summed E-state index contributed by atoms with van der Waals surface area (Å²) in [5.74, 6) is 0. The highest BCUT2D eigenvalue weighted by molar-refractivity contribution is 6.33. The predicted molar refractivity (Wildman–Crippen MR) is 66.7 cm³/mol. The maximum atomic E-state index is 6.09. The van der Waals surface area contributed by atoms with Gasteiger partial charge in [-0.2, -0.15) is 0 Å². The number of imidazole rings is 1. The smallest absolute Gasteiger partial charge is 0.0946 e. The first-order valence-corrected chi connectivity index (χ1v) is 5.50. The molecule has 0 aliphatic heterocycles. The maximum absolute atomic E-state index is 6.09. The second-order valence-electron chi connectivity index (χ2n) is 3.83. The van der Waals surface area contributed by atoms with Gasteiger partial charge in [-0.1, -0.05) is 17.7 Å². The highest BCUT2D eigenvalue weighted by atomic mass is 35.5. The second-order valence-corrected chi connectivity index (χ2v) is 4.24. The van der Waals surface area contributed by atoms with Gasteiger partial charge in [0, 0.05) is 13.2 Å². The first kappa shape index (κ1) is 11.0. The standard InChI is InChI=1S/C12H14ClN3/c1-9-3-4-11(13)12(5-9)15-7-10-6-14-8-16(10)2/h3-6,8,15H,7H2,1-2H3. The van der Waals surface area contributed by atoms with E-state index in [0.29, 0.717) is 0 Å². The van der Waals surface area contributed by atoms with E-state index in [2.05, 4.69) is 10.3 Å². The average Bonchev–Trinajstić information content (AvgIpc) is 2.66. The van der Waals surface area contributed by atoms with Crippen LogP contribution >= 0.6 is 11.6 Å². The lowest BCUT2D eigenvalue weighted by Crippen LogP contribution is -2.04. The molecule has 0 fully saturated rings. The minimum atomic E-state index is 0.722. The Morgan fingerprint density at radius 3 is 2.94 bits per heavy atom. The first-order valence-electron chi connectivity index (χ1n) is 5.12. The number of hydrogen-bond donors (Lipinski definition) is 1. The Balaban J connectivity index is 2.10. The van der Waals surface area contributed by atoms with E-state index in [9.17, 15) is 0 Å². The zero-order valence-electron chi connectivity index (χ0n) is 9.37. The van der Waals surface area contributed by atoms with Crippen molar-refractivity contribution in [1.82, 2.24) is 9.55 Å². The zero-order valence-corrected chi connectivity index (χ0v) is 10.1. The zero-order chi connectivity index (χ0) is 11.5. The van der Waals surface area contributed by atoms with Gasteiger partial charge in [-0.25, -0.2) is 4.98 Å². The van der Waals surface area contributed by atoms with E-state index in [4.69, 9.17) is 11.6 Å². The molecule has 0 radical (unpaired) electrons. The van der Waals surface area contributed by atoms with Crippen LogP contribution in [0, 0.1) is 6.92 Å². The molecule has 2 aromatic rings. The van der Waals surface area contributed by atoms with Crippen molar-refractivity contribution in [2.75, 3.05) is 5.32 Å². The van der Waals surface area contributed by atoms with Crippen LogP contribution in [0.1, 0.15) is 11.3 Å². The molecule has 0 aliphatic carbocycles. The largest absolute Gasteiger partial charge is 0.378 e. The summed E-state index contributed by atoms with van der Waals surface area (Å²) in [5, 5.41) is 4.05. The van der Waals surface area contributed by atoms with Crippen LogP contribution < -0.4 is 5.32 Å². The van der Waals surface area contributed by atoms with Crippen LogP contribution in [0.5, 0.6) is 0 Å². The van der Waals surface area contributed by atoms with Gasteiger partial charge >= 0.3 is 0 Å². The predicted octanol–water partition coefficient (Wildman–Crippen LogP) is 2.99. The first-order chi connectivity index (χ1) is 7.66. The highest BCUT2D eigenvalue weighted by Crippen LogP contribution is 2.23. The van der Waals surface area contributed by atoms with Crippen LogP contribution in [0.15, 0.2) is 30.7 Å². The molecule has 0 saturated carbocycles. The Bertz CT molecular complexity index is 491. The van der Waals surface area contributed by atoms with Crippen molar-refractivity contribution in [3.63, 3.8) is 0 Å². The normalized spacial score (nSPS) is 10.4. The fourth-order valence-electron chi connectivity index (χ4n) is 1.52. The van der Waals surface area contributed by atoms with Crippen molar-refractivity contribution >= 4 is 17.3 Å². The van der Waals surface area contributed by atoms with Crippen molar-refractivity contribution in [2.24, 2.45) is 7.05 Å². The van der Waals surface area contributed by atoms with Crippen LogP contribution in [-0.2, 0) is 13.6 Å².